The number of rotatable bonds is 3. The molecule has 1 saturated heterocycles. The molecule has 0 amide bonds. The third kappa shape index (κ3) is 2.93. The highest BCUT2D eigenvalue weighted by atomic mass is 35.5. The first-order chi connectivity index (χ1) is 9.34. The lowest BCUT2D eigenvalue weighted by molar-refractivity contribution is -0.142. The zero-order valence-electron chi connectivity index (χ0n) is 10.4. The van der Waals surface area contributed by atoms with E-state index in [0.717, 1.165) is 4.31 Å². The van der Waals surface area contributed by atoms with Gasteiger partial charge < -0.3 is 5.11 Å². The number of benzene rings is 1. The van der Waals surface area contributed by atoms with Crippen LogP contribution in [0.4, 0.5) is 0 Å². The van der Waals surface area contributed by atoms with Gasteiger partial charge >= 0.3 is 5.97 Å². The fraction of sp³-hybridized carbons (Fsp3) is 0.417. The second-order valence-corrected chi connectivity index (χ2v) is 7.24. The van der Waals surface area contributed by atoms with Crippen LogP contribution in [0.15, 0.2) is 23.1 Å². The largest absolute Gasteiger partial charge is 0.480 e. The molecule has 0 radical (unpaired) electrons. The zero-order chi connectivity index (χ0) is 14.9. The maximum atomic E-state index is 12.6. The number of hydrogen-bond acceptors (Lipinski definition) is 3. The molecule has 2 rings (SSSR count). The Bertz CT molecular complexity index is 632. The Morgan fingerprint density at radius 2 is 2.00 bits per heavy atom. The molecule has 1 aliphatic rings. The lowest BCUT2D eigenvalue weighted by Crippen LogP contribution is -2.47. The van der Waals surface area contributed by atoms with Crippen molar-refractivity contribution >= 4 is 39.2 Å². The number of carboxylic acid groups (broad SMARTS) is 1. The van der Waals surface area contributed by atoms with Gasteiger partial charge in [-0.25, -0.2) is 8.42 Å². The summed E-state index contributed by atoms with van der Waals surface area (Å²) in [4.78, 5) is 11.1. The zero-order valence-corrected chi connectivity index (χ0v) is 12.7. The van der Waals surface area contributed by atoms with Crippen molar-refractivity contribution in [3.05, 3.63) is 28.2 Å². The minimum atomic E-state index is -3.97. The van der Waals surface area contributed by atoms with Crippen molar-refractivity contribution in [2.24, 2.45) is 0 Å². The summed E-state index contributed by atoms with van der Waals surface area (Å²) in [6, 6.07) is 3.06. The minimum absolute atomic E-state index is 0.0316. The van der Waals surface area contributed by atoms with Gasteiger partial charge in [0.15, 0.2) is 0 Å². The van der Waals surface area contributed by atoms with Crippen LogP contribution in [0.25, 0.3) is 0 Å². The molecular weight excluding hydrogens is 325 g/mol. The van der Waals surface area contributed by atoms with Gasteiger partial charge in [0.1, 0.15) is 10.9 Å². The van der Waals surface area contributed by atoms with Crippen LogP contribution in [0.2, 0.25) is 10.0 Å². The Hall–Kier alpha value is -0.820. The van der Waals surface area contributed by atoms with Gasteiger partial charge in [0.05, 0.1) is 5.02 Å². The van der Waals surface area contributed by atoms with Crippen LogP contribution in [0.3, 0.4) is 0 Å². The molecule has 1 N–H and O–H groups in total. The SMILES string of the molecule is O=C(O)C1CCCCN1S(=O)(=O)c1cc(Cl)ccc1Cl. The molecule has 8 heteroatoms. The molecule has 0 bridgehead atoms. The van der Waals surface area contributed by atoms with Crippen LogP contribution in [-0.2, 0) is 14.8 Å². The molecular formula is C12H13Cl2NO4S. The molecule has 1 unspecified atom stereocenters. The number of halogens is 2. The van der Waals surface area contributed by atoms with Crippen LogP contribution in [-0.4, -0.2) is 36.4 Å². The number of carboxylic acids is 1. The molecule has 20 heavy (non-hydrogen) atoms. The van der Waals surface area contributed by atoms with Crippen molar-refractivity contribution in [2.45, 2.75) is 30.2 Å². The molecule has 1 atom stereocenters. The number of hydrogen-bond donors (Lipinski definition) is 1. The van der Waals surface area contributed by atoms with Gasteiger partial charge in [-0.1, -0.05) is 23.2 Å². The number of piperidine rings is 1. The molecule has 1 fully saturated rings. The lowest BCUT2D eigenvalue weighted by atomic mass is 10.1. The van der Waals surface area contributed by atoms with Crippen LogP contribution < -0.4 is 0 Å². The highest BCUT2D eigenvalue weighted by Crippen LogP contribution is 2.31. The summed E-state index contributed by atoms with van der Waals surface area (Å²) in [5.74, 6) is -1.15. The van der Waals surface area contributed by atoms with E-state index in [1.165, 1.54) is 18.2 Å². The van der Waals surface area contributed by atoms with Gasteiger partial charge in [0.2, 0.25) is 10.0 Å². The summed E-state index contributed by atoms with van der Waals surface area (Å²) in [7, 11) is -3.97. The topological polar surface area (TPSA) is 74.7 Å². The molecule has 1 aromatic rings. The van der Waals surface area contributed by atoms with E-state index in [-0.39, 0.29) is 21.5 Å². The van der Waals surface area contributed by atoms with E-state index in [2.05, 4.69) is 0 Å². The van der Waals surface area contributed by atoms with E-state index in [9.17, 15) is 18.3 Å². The van der Waals surface area contributed by atoms with Crippen LogP contribution >= 0.6 is 23.2 Å². The maximum absolute atomic E-state index is 12.6. The van der Waals surface area contributed by atoms with Crippen molar-refractivity contribution < 1.29 is 18.3 Å². The predicted molar refractivity (Wildman–Crippen MR) is 75.6 cm³/mol. The third-order valence-electron chi connectivity index (χ3n) is 3.22. The molecule has 110 valence electrons. The molecule has 0 saturated carbocycles. The van der Waals surface area contributed by atoms with E-state index in [0.29, 0.717) is 19.3 Å². The van der Waals surface area contributed by atoms with Crippen molar-refractivity contribution in [3.63, 3.8) is 0 Å². The van der Waals surface area contributed by atoms with E-state index >= 15 is 0 Å². The first-order valence-electron chi connectivity index (χ1n) is 6.04. The average molecular weight is 338 g/mol. The lowest BCUT2D eigenvalue weighted by Gasteiger charge is -2.32. The quantitative estimate of drug-likeness (QED) is 0.919. The van der Waals surface area contributed by atoms with E-state index in [1.54, 1.807) is 0 Å². The smallest absolute Gasteiger partial charge is 0.322 e. The first-order valence-corrected chi connectivity index (χ1v) is 8.23. The third-order valence-corrected chi connectivity index (χ3v) is 5.84. The molecule has 0 aromatic heterocycles. The second kappa shape index (κ2) is 5.89. The van der Waals surface area contributed by atoms with Gasteiger partial charge in [-0.3, -0.25) is 4.79 Å². The summed E-state index contributed by atoms with van der Waals surface area (Å²) >= 11 is 11.7. The molecule has 5 nitrogen and oxygen atoms in total. The molecule has 1 aromatic carbocycles. The minimum Gasteiger partial charge on any atom is -0.480 e. The fourth-order valence-corrected chi connectivity index (χ4v) is 4.63. The Morgan fingerprint density at radius 3 is 2.65 bits per heavy atom. The maximum Gasteiger partial charge on any atom is 0.322 e. The van der Waals surface area contributed by atoms with Crippen molar-refractivity contribution in [1.29, 1.82) is 0 Å². The Morgan fingerprint density at radius 1 is 1.30 bits per heavy atom. The predicted octanol–water partition coefficient (Wildman–Crippen LogP) is 2.62. The second-order valence-electron chi connectivity index (χ2n) is 4.54. The van der Waals surface area contributed by atoms with E-state index in [4.69, 9.17) is 23.2 Å². The van der Waals surface area contributed by atoms with E-state index in [1.807, 2.05) is 0 Å². The average Bonchev–Trinajstić information content (AvgIpc) is 2.41. The van der Waals surface area contributed by atoms with E-state index < -0.39 is 22.0 Å². The molecule has 0 spiro atoms. The fourth-order valence-electron chi connectivity index (χ4n) is 2.24. The summed E-state index contributed by atoms with van der Waals surface area (Å²) in [5, 5.41) is 9.44. The Kier molecular flexibility index (Phi) is 4.59. The van der Waals surface area contributed by atoms with Gasteiger partial charge in [-0.05, 0) is 37.5 Å². The number of aliphatic carboxylic acids is 1. The molecule has 0 aliphatic carbocycles. The molecule has 1 aliphatic heterocycles. The summed E-state index contributed by atoms with van der Waals surface area (Å²) in [5.41, 5.74) is 0. The van der Waals surface area contributed by atoms with Crippen LogP contribution in [0.1, 0.15) is 19.3 Å². The summed E-state index contributed by atoms with van der Waals surface area (Å²) in [6.45, 7) is 0.169. The van der Waals surface area contributed by atoms with Gasteiger partial charge in [-0.15, -0.1) is 0 Å². The van der Waals surface area contributed by atoms with Crippen LogP contribution in [0.5, 0.6) is 0 Å². The van der Waals surface area contributed by atoms with Gasteiger partial charge in [0.25, 0.3) is 0 Å². The number of sulfonamides is 1. The van der Waals surface area contributed by atoms with Crippen molar-refractivity contribution in [2.75, 3.05) is 6.54 Å². The standard InChI is InChI=1S/C12H13Cl2NO4S/c13-8-4-5-9(14)11(7-8)20(18,19)15-6-2-1-3-10(15)12(16)17/h4-5,7,10H,1-3,6H2,(H,16,17). The number of nitrogens with zero attached hydrogens (tertiary/aromatic N) is 1. The highest BCUT2D eigenvalue weighted by Gasteiger charge is 2.38. The van der Waals surface area contributed by atoms with Gasteiger partial charge in [-0.2, -0.15) is 4.31 Å². The monoisotopic (exact) mass is 337 g/mol. The summed E-state index contributed by atoms with van der Waals surface area (Å²) < 4.78 is 26.2. The van der Waals surface area contributed by atoms with Crippen molar-refractivity contribution in [1.82, 2.24) is 4.31 Å². The van der Waals surface area contributed by atoms with Crippen LogP contribution in [0, 0.1) is 0 Å². The highest BCUT2D eigenvalue weighted by molar-refractivity contribution is 7.89. The normalized spacial score (nSPS) is 20.8. The first kappa shape index (κ1) is 15.6. The van der Waals surface area contributed by atoms with Gasteiger partial charge in [0, 0.05) is 11.6 Å². The Labute approximate surface area is 127 Å². The Balaban J connectivity index is 2.47. The summed E-state index contributed by atoms with van der Waals surface area (Å²) in [6.07, 6.45) is 1.61. The molecule has 1 heterocycles. The number of carbonyl (C=O) groups is 1. The van der Waals surface area contributed by atoms with Crippen molar-refractivity contribution in [3.8, 4) is 0 Å².